The number of aromatic nitrogens is 4. The first-order valence-electron chi connectivity index (χ1n) is 14.6. The number of nitrogens with zero attached hydrogens (tertiary/aromatic N) is 6. The molecule has 8 nitrogen and oxygen atoms in total. The fourth-order valence-corrected chi connectivity index (χ4v) is 9.32. The van der Waals surface area contributed by atoms with Crippen LogP contribution in [0.5, 0.6) is 0 Å². The normalized spacial score (nSPS) is 20.3. The fourth-order valence-electron chi connectivity index (χ4n) is 6.77. The molecule has 46 heavy (non-hydrogen) atoms. The average molecular weight is 685 g/mol. The third kappa shape index (κ3) is 5.08. The number of fused-ring (bicyclic) bond motifs is 1. The number of carbonyl (C=O) groups is 1. The Morgan fingerprint density at radius 1 is 1.13 bits per heavy atom. The number of hydrogen-bond acceptors (Lipinski definition) is 7. The molecular weight excluding hydrogens is 657 g/mol. The highest BCUT2D eigenvalue weighted by Crippen LogP contribution is 2.50. The third-order valence-electron chi connectivity index (χ3n) is 8.65. The first-order chi connectivity index (χ1) is 22.0. The third-order valence-corrected chi connectivity index (χ3v) is 11.2. The van der Waals surface area contributed by atoms with Gasteiger partial charge in [-0.25, -0.2) is 9.78 Å². The second-order valence-electron chi connectivity index (χ2n) is 11.6. The van der Waals surface area contributed by atoms with E-state index >= 15 is 13.2 Å². The van der Waals surface area contributed by atoms with Crippen LogP contribution < -0.4 is 10.6 Å². The minimum atomic E-state index is -4.71. The Bertz CT molecular complexity index is 2080. The SMILES string of the molecule is C=CC(=O)N1[C@H](C)CN(c2nc(=O)n3c4c(c(-c5cc(Cl)cs5)c(C(F)(F)F)cc24)SCC(n2cnc4ccccc42)C3)C[C@@H]1C. The molecule has 2 aliphatic heterocycles. The van der Waals surface area contributed by atoms with E-state index in [1.807, 2.05) is 47.6 Å². The highest BCUT2D eigenvalue weighted by atomic mass is 35.5. The molecule has 0 radical (unpaired) electrons. The summed E-state index contributed by atoms with van der Waals surface area (Å²) in [5.41, 5.74) is 0.689. The van der Waals surface area contributed by atoms with Crippen molar-refractivity contribution in [2.45, 2.75) is 49.6 Å². The number of imidazole rings is 1. The second kappa shape index (κ2) is 11.5. The van der Waals surface area contributed by atoms with Crippen LogP contribution in [0.1, 0.15) is 25.5 Å². The number of thiophene rings is 1. The molecule has 5 heterocycles. The van der Waals surface area contributed by atoms with Gasteiger partial charge in [-0.1, -0.05) is 30.3 Å². The zero-order valence-corrected chi connectivity index (χ0v) is 27.2. The smallest absolute Gasteiger partial charge is 0.352 e. The van der Waals surface area contributed by atoms with Crippen LogP contribution in [0.25, 0.3) is 32.4 Å². The first kappa shape index (κ1) is 30.8. The minimum Gasteiger partial charge on any atom is -0.352 e. The Morgan fingerprint density at radius 3 is 2.54 bits per heavy atom. The quantitative estimate of drug-likeness (QED) is 0.188. The van der Waals surface area contributed by atoms with Crippen molar-refractivity contribution in [2.75, 3.05) is 23.7 Å². The van der Waals surface area contributed by atoms with Gasteiger partial charge in [0.05, 0.1) is 39.5 Å². The maximum Gasteiger partial charge on any atom is 0.417 e. The van der Waals surface area contributed by atoms with Gasteiger partial charge in [0.15, 0.2) is 0 Å². The van der Waals surface area contributed by atoms with Gasteiger partial charge in [-0.2, -0.15) is 18.2 Å². The van der Waals surface area contributed by atoms with E-state index in [0.29, 0.717) is 26.1 Å². The number of alkyl halides is 3. The highest BCUT2D eigenvalue weighted by Gasteiger charge is 2.40. The summed E-state index contributed by atoms with van der Waals surface area (Å²) in [5.74, 6) is 0.333. The topological polar surface area (TPSA) is 76.3 Å². The lowest BCUT2D eigenvalue weighted by Crippen LogP contribution is -2.58. The van der Waals surface area contributed by atoms with E-state index in [0.717, 1.165) is 28.4 Å². The molecule has 7 rings (SSSR count). The number of hydrogen-bond donors (Lipinski definition) is 0. The van der Waals surface area contributed by atoms with Crippen molar-refractivity contribution in [3.8, 4) is 10.4 Å². The molecule has 3 aromatic heterocycles. The fraction of sp³-hybridized carbons (Fsp3) is 0.312. The number of anilines is 1. The molecule has 0 aliphatic carbocycles. The maximum absolute atomic E-state index is 15.0. The van der Waals surface area contributed by atoms with Gasteiger partial charge in [0.25, 0.3) is 0 Å². The van der Waals surface area contributed by atoms with Crippen LogP contribution in [0, 0.1) is 0 Å². The van der Waals surface area contributed by atoms with Crippen LogP contribution in [0.3, 0.4) is 0 Å². The lowest BCUT2D eigenvalue weighted by atomic mass is 10.0. The van der Waals surface area contributed by atoms with Crippen LogP contribution in [0.15, 0.2) is 70.5 Å². The molecule has 0 N–H and O–H groups in total. The number of rotatable bonds is 4. The number of carbonyl (C=O) groups excluding carboxylic acids is 1. The van der Waals surface area contributed by atoms with E-state index in [1.165, 1.54) is 28.5 Å². The summed E-state index contributed by atoms with van der Waals surface area (Å²) in [6, 6.07) is 9.38. The summed E-state index contributed by atoms with van der Waals surface area (Å²) in [7, 11) is 0. The van der Waals surface area contributed by atoms with E-state index in [1.54, 1.807) is 16.6 Å². The number of benzene rings is 2. The van der Waals surface area contributed by atoms with Crippen molar-refractivity contribution >= 4 is 68.4 Å². The molecule has 1 fully saturated rings. The van der Waals surface area contributed by atoms with E-state index in [4.69, 9.17) is 11.6 Å². The van der Waals surface area contributed by atoms with Gasteiger partial charge in [-0.3, -0.25) is 9.36 Å². The van der Waals surface area contributed by atoms with Crippen LogP contribution in [0.2, 0.25) is 5.02 Å². The summed E-state index contributed by atoms with van der Waals surface area (Å²) >= 11 is 8.67. The number of piperazine rings is 1. The molecular formula is C32H28ClF3N6O2S2. The van der Waals surface area contributed by atoms with E-state index in [9.17, 15) is 9.59 Å². The molecule has 3 atom stereocenters. The molecule has 2 aliphatic rings. The van der Waals surface area contributed by atoms with Crippen molar-refractivity contribution in [3.05, 3.63) is 81.8 Å². The zero-order chi connectivity index (χ0) is 32.5. The second-order valence-corrected chi connectivity index (χ2v) is 14.0. The maximum atomic E-state index is 15.0. The first-order valence-corrected chi connectivity index (χ1v) is 16.9. The lowest BCUT2D eigenvalue weighted by molar-refractivity contribution is -0.137. The van der Waals surface area contributed by atoms with Crippen molar-refractivity contribution in [2.24, 2.45) is 0 Å². The van der Waals surface area contributed by atoms with Gasteiger partial charge in [-0.05, 0) is 44.2 Å². The predicted octanol–water partition coefficient (Wildman–Crippen LogP) is 7.11. The van der Waals surface area contributed by atoms with Gasteiger partial charge in [0.2, 0.25) is 5.91 Å². The molecule has 0 saturated carbocycles. The lowest BCUT2D eigenvalue weighted by Gasteiger charge is -2.44. The zero-order valence-electron chi connectivity index (χ0n) is 24.8. The monoisotopic (exact) mass is 684 g/mol. The number of thioether (sulfide) groups is 1. The largest absolute Gasteiger partial charge is 0.417 e. The summed E-state index contributed by atoms with van der Waals surface area (Å²) in [5, 5.41) is 2.18. The predicted molar refractivity (Wildman–Crippen MR) is 177 cm³/mol. The van der Waals surface area contributed by atoms with Crippen molar-refractivity contribution in [1.29, 1.82) is 0 Å². The van der Waals surface area contributed by atoms with Gasteiger partial charge in [0, 0.05) is 63.6 Å². The highest BCUT2D eigenvalue weighted by molar-refractivity contribution is 7.99. The van der Waals surface area contributed by atoms with Crippen molar-refractivity contribution in [1.82, 2.24) is 24.0 Å². The summed E-state index contributed by atoms with van der Waals surface area (Å²) < 4.78 is 48.6. The standard InChI is InChI=1S/C32H28ClF3N6O2S2/c1-4-26(43)42-17(2)11-39(12-18(42)3)30-21-10-22(32(34,35)36)27(25-9-19(33)14-45-25)29-28(21)40(31(44)38-30)13-20(15-46-29)41-16-37-23-7-5-6-8-24(23)41/h4-10,14,16-18,20H,1,11-13,15H2,2-3H3/t17-,18+,20?. The van der Waals surface area contributed by atoms with Crippen molar-refractivity contribution in [3.63, 3.8) is 0 Å². The number of halogens is 4. The molecule has 1 saturated heterocycles. The Balaban J connectivity index is 1.48. The Morgan fingerprint density at radius 2 is 1.87 bits per heavy atom. The van der Waals surface area contributed by atoms with Crippen LogP contribution >= 0.6 is 34.7 Å². The number of para-hydroxylation sites is 2. The van der Waals surface area contributed by atoms with Crippen molar-refractivity contribution < 1.29 is 18.0 Å². The van der Waals surface area contributed by atoms with Crippen LogP contribution in [-0.4, -0.2) is 60.8 Å². The van der Waals surface area contributed by atoms with Crippen LogP contribution in [-0.2, 0) is 17.5 Å². The van der Waals surface area contributed by atoms with E-state index < -0.39 is 17.4 Å². The average Bonchev–Trinajstić information content (AvgIpc) is 3.59. The van der Waals surface area contributed by atoms with Gasteiger partial charge in [-0.15, -0.1) is 23.1 Å². The molecule has 0 spiro atoms. The van der Waals surface area contributed by atoms with E-state index in [-0.39, 0.29) is 60.4 Å². The molecule has 5 aromatic rings. The minimum absolute atomic E-state index is 0.00599. The summed E-state index contributed by atoms with van der Waals surface area (Å²) in [6.07, 6.45) is -1.74. The molecule has 0 bridgehead atoms. The Labute approximate surface area is 275 Å². The van der Waals surface area contributed by atoms with Gasteiger partial charge < -0.3 is 14.4 Å². The van der Waals surface area contributed by atoms with Crippen LogP contribution in [0.4, 0.5) is 19.0 Å². The molecule has 1 unspecified atom stereocenters. The molecule has 1 amide bonds. The van der Waals surface area contributed by atoms with Gasteiger partial charge in [0.1, 0.15) is 5.82 Å². The van der Waals surface area contributed by atoms with E-state index in [2.05, 4.69) is 16.5 Å². The molecule has 14 heteroatoms. The van der Waals surface area contributed by atoms with Gasteiger partial charge >= 0.3 is 11.9 Å². The molecule has 238 valence electrons. The summed E-state index contributed by atoms with van der Waals surface area (Å²) in [4.78, 5) is 39.9. The number of amides is 1. The molecule has 2 aromatic carbocycles. The Kier molecular flexibility index (Phi) is 7.68. The Hall–Kier alpha value is -3.81. The summed E-state index contributed by atoms with van der Waals surface area (Å²) in [6.45, 7) is 8.09.